The van der Waals surface area contributed by atoms with Crippen LogP contribution in [0.25, 0.3) is 11.0 Å². The smallest absolute Gasteiger partial charge is 0.252 e. The number of benzene rings is 2. The van der Waals surface area contributed by atoms with Gasteiger partial charge in [0.1, 0.15) is 17.4 Å². The Bertz CT molecular complexity index is 1010. The zero-order chi connectivity index (χ0) is 17.9. The number of para-hydroxylation sites is 1. The first-order chi connectivity index (χ1) is 12.7. The fraction of sp³-hybridized carbons (Fsp3) is 0.0476. The van der Waals surface area contributed by atoms with Crippen molar-refractivity contribution < 1.29 is 13.9 Å². The molecule has 0 spiro atoms. The highest BCUT2D eigenvalue weighted by molar-refractivity contribution is 5.94. The minimum absolute atomic E-state index is 0.278. The Kier molecular flexibility index (Phi) is 4.11. The maximum Gasteiger partial charge on any atom is 0.252 e. The lowest BCUT2D eigenvalue weighted by molar-refractivity contribution is -0.605. The van der Waals surface area contributed by atoms with E-state index in [0.717, 1.165) is 16.5 Å². The molecule has 5 nitrogen and oxygen atoms in total. The Balaban J connectivity index is 1.71. The predicted molar refractivity (Wildman–Crippen MR) is 97.4 cm³/mol. The minimum atomic E-state index is -0.435. The van der Waals surface area contributed by atoms with Crippen molar-refractivity contribution >= 4 is 16.9 Å². The molecule has 26 heavy (non-hydrogen) atoms. The van der Waals surface area contributed by atoms with Gasteiger partial charge in [0.15, 0.2) is 12.4 Å². The van der Waals surface area contributed by atoms with Gasteiger partial charge in [-0.05, 0) is 17.7 Å². The quantitative estimate of drug-likeness (QED) is 0.454. The second kappa shape index (κ2) is 6.72. The van der Waals surface area contributed by atoms with Gasteiger partial charge in [-0.2, -0.15) is 4.73 Å². The van der Waals surface area contributed by atoms with Crippen LogP contribution in [0.2, 0.25) is 0 Å². The zero-order valence-corrected chi connectivity index (χ0v) is 13.8. The highest BCUT2D eigenvalue weighted by atomic mass is 16.5. The summed E-state index contributed by atoms with van der Waals surface area (Å²) in [6, 6.07) is 21.8. The van der Waals surface area contributed by atoms with Crippen LogP contribution in [0.15, 0.2) is 89.6 Å². The van der Waals surface area contributed by atoms with Gasteiger partial charge in [0.05, 0.1) is 5.56 Å². The molecule has 4 rings (SSSR count). The Morgan fingerprint density at radius 2 is 1.65 bits per heavy atom. The average molecular weight is 344 g/mol. The number of carbonyl (C=O) groups excluding carboxylic acids is 1. The summed E-state index contributed by atoms with van der Waals surface area (Å²) in [5, 5.41) is 15.2. The molecule has 0 radical (unpaired) electrons. The van der Waals surface area contributed by atoms with Gasteiger partial charge in [0.2, 0.25) is 0 Å². The SMILES string of the molecule is O=C(N[C@@H](c1ccccc1)c1cc2ccccc2o1)c1cc[n+]([O-])cc1. The number of furan rings is 1. The van der Waals surface area contributed by atoms with E-state index >= 15 is 0 Å². The van der Waals surface area contributed by atoms with Gasteiger partial charge < -0.3 is 14.9 Å². The Morgan fingerprint density at radius 1 is 0.962 bits per heavy atom. The fourth-order valence-corrected chi connectivity index (χ4v) is 2.89. The third kappa shape index (κ3) is 3.15. The standard InChI is InChI=1S/C21H16N2O3/c24-21(16-10-12-23(25)13-11-16)22-20(15-6-2-1-3-7-15)19-14-17-8-4-5-9-18(17)26-19/h1-14,20H,(H,22,24)/t20-/m0/s1. The molecule has 128 valence electrons. The van der Waals surface area contributed by atoms with Crippen molar-refractivity contribution in [3.8, 4) is 0 Å². The van der Waals surface area contributed by atoms with Gasteiger partial charge in [-0.15, -0.1) is 0 Å². The van der Waals surface area contributed by atoms with Crippen LogP contribution in [0, 0.1) is 5.21 Å². The van der Waals surface area contributed by atoms with E-state index in [1.165, 1.54) is 24.5 Å². The number of hydrogen-bond donors (Lipinski definition) is 1. The Hall–Kier alpha value is -3.60. The largest absolute Gasteiger partial charge is 0.619 e. The van der Waals surface area contributed by atoms with Crippen molar-refractivity contribution in [2.75, 3.05) is 0 Å². The number of rotatable bonds is 4. The number of aromatic nitrogens is 1. The Labute approximate surface area is 150 Å². The molecule has 0 aliphatic carbocycles. The highest BCUT2D eigenvalue weighted by Gasteiger charge is 2.21. The normalized spacial score (nSPS) is 12.0. The molecule has 5 heteroatoms. The van der Waals surface area contributed by atoms with Crippen LogP contribution in [0.3, 0.4) is 0 Å². The van der Waals surface area contributed by atoms with E-state index in [1.807, 2.05) is 60.7 Å². The van der Waals surface area contributed by atoms with E-state index < -0.39 is 6.04 Å². The number of pyridine rings is 1. The summed E-state index contributed by atoms with van der Waals surface area (Å²) in [4.78, 5) is 12.7. The van der Waals surface area contributed by atoms with Gasteiger partial charge in [0, 0.05) is 17.5 Å². The molecule has 0 aliphatic heterocycles. The van der Waals surface area contributed by atoms with Crippen molar-refractivity contribution in [2.45, 2.75) is 6.04 Å². The summed E-state index contributed by atoms with van der Waals surface area (Å²) in [6.07, 6.45) is 2.60. The summed E-state index contributed by atoms with van der Waals surface area (Å²) in [5.74, 6) is 0.375. The molecule has 0 saturated carbocycles. The lowest BCUT2D eigenvalue weighted by Crippen LogP contribution is -2.30. The minimum Gasteiger partial charge on any atom is -0.619 e. The summed E-state index contributed by atoms with van der Waals surface area (Å²) < 4.78 is 6.62. The molecular formula is C21H16N2O3. The van der Waals surface area contributed by atoms with Crippen molar-refractivity contribution in [2.24, 2.45) is 0 Å². The second-order valence-corrected chi connectivity index (χ2v) is 5.95. The van der Waals surface area contributed by atoms with E-state index in [4.69, 9.17) is 4.42 Å². The highest BCUT2D eigenvalue weighted by Crippen LogP contribution is 2.28. The van der Waals surface area contributed by atoms with Crippen molar-refractivity contribution in [3.05, 3.63) is 107 Å². The van der Waals surface area contributed by atoms with Crippen LogP contribution >= 0.6 is 0 Å². The second-order valence-electron chi connectivity index (χ2n) is 5.95. The number of carbonyl (C=O) groups is 1. The van der Waals surface area contributed by atoms with E-state index in [2.05, 4.69) is 5.32 Å². The van der Waals surface area contributed by atoms with Crippen molar-refractivity contribution in [1.82, 2.24) is 5.32 Å². The van der Waals surface area contributed by atoms with Gasteiger partial charge >= 0.3 is 0 Å². The fourth-order valence-electron chi connectivity index (χ4n) is 2.89. The molecule has 0 saturated heterocycles. The van der Waals surface area contributed by atoms with Gasteiger partial charge in [-0.25, -0.2) is 0 Å². The molecule has 4 aromatic rings. The van der Waals surface area contributed by atoms with Crippen LogP contribution in [-0.2, 0) is 0 Å². The third-order valence-electron chi connectivity index (χ3n) is 4.20. The molecule has 1 N–H and O–H groups in total. The van der Waals surface area contributed by atoms with E-state index in [1.54, 1.807) is 0 Å². The third-order valence-corrected chi connectivity index (χ3v) is 4.20. The molecule has 2 aromatic heterocycles. The maximum absolute atomic E-state index is 12.7. The number of fused-ring (bicyclic) bond motifs is 1. The number of nitrogens with zero attached hydrogens (tertiary/aromatic N) is 1. The first-order valence-corrected chi connectivity index (χ1v) is 8.24. The summed E-state index contributed by atoms with van der Waals surface area (Å²) >= 11 is 0. The molecule has 1 atom stereocenters. The number of amides is 1. The maximum atomic E-state index is 12.7. The average Bonchev–Trinajstić information content (AvgIpc) is 3.11. The van der Waals surface area contributed by atoms with E-state index in [0.29, 0.717) is 16.1 Å². The molecular weight excluding hydrogens is 328 g/mol. The summed E-state index contributed by atoms with van der Waals surface area (Å²) in [6.45, 7) is 0. The monoisotopic (exact) mass is 344 g/mol. The first kappa shape index (κ1) is 15.9. The first-order valence-electron chi connectivity index (χ1n) is 8.24. The molecule has 2 aromatic carbocycles. The zero-order valence-electron chi connectivity index (χ0n) is 13.8. The topological polar surface area (TPSA) is 69.2 Å². The predicted octanol–water partition coefficient (Wildman–Crippen LogP) is 3.59. The summed E-state index contributed by atoms with van der Waals surface area (Å²) in [7, 11) is 0. The van der Waals surface area contributed by atoms with Crippen molar-refractivity contribution in [3.63, 3.8) is 0 Å². The van der Waals surface area contributed by atoms with Crippen LogP contribution in [0.5, 0.6) is 0 Å². The summed E-state index contributed by atoms with van der Waals surface area (Å²) in [5.41, 5.74) is 2.09. The van der Waals surface area contributed by atoms with E-state index in [9.17, 15) is 10.0 Å². The molecule has 0 bridgehead atoms. The van der Waals surface area contributed by atoms with E-state index in [-0.39, 0.29) is 5.91 Å². The van der Waals surface area contributed by atoms with Crippen LogP contribution in [0.4, 0.5) is 0 Å². The molecule has 0 aliphatic rings. The van der Waals surface area contributed by atoms with Gasteiger partial charge in [0.25, 0.3) is 5.91 Å². The lowest BCUT2D eigenvalue weighted by Gasteiger charge is -2.17. The van der Waals surface area contributed by atoms with Gasteiger partial charge in [-0.3, -0.25) is 4.79 Å². The molecule has 1 amide bonds. The van der Waals surface area contributed by atoms with Gasteiger partial charge in [-0.1, -0.05) is 48.5 Å². The molecule has 0 unspecified atom stereocenters. The van der Waals surface area contributed by atoms with Crippen LogP contribution < -0.4 is 10.0 Å². The van der Waals surface area contributed by atoms with Crippen LogP contribution in [-0.4, -0.2) is 5.91 Å². The van der Waals surface area contributed by atoms with Crippen molar-refractivity contribution in [1.29, 1.82) is 0 Å². The number of hydrogen-bond acceptors (Lipinski definition) is 3. The van der Waals surface area contributed by atoms with Crippen LogP contribution in [0.1, 0.15) is 27.7 Å². The molecule has 2 heterocycles. The molecule has 0 fully saturated rings. The number of nitrogens with one attached hydrogen (secondary N) is 1. The Morgan fingerprint density at radius 3 is 2.38 bits per heavy atom. The lowest BCUT2D eigenvalue weighted by atomic mass is 10.0.